The predicted octanol–water partition coefficient (Wildman–Crippen LogP) is 3.24. The highest BCUT2D eigenvalue weighted by Gasteiger charge is 1.96. The minimum Gasteiger partial charge on any atom is -0.481 e. The van der Waals surface area contributed by atoms with Gasteiger partial charge >= 0.3 is 0 Å². The Bertz CT molecular complexity index is 437. The third kappa shape index (κ3) is 6.59. The maximum absolute atomic E-state index is 5.46. The molecule has 0 radical (unpaired) electrons. The van der Waals surface area contributed by atoms with Crippen LogP contribution in [0.4, 0.5) is 0 Å². The number of rotatable bonds is 4. The second-order valence-electron chi connectivity index (χ2n) is 3.03. The average molecular weight is 372 g/mol. The van der Waals surface area contributed by atoms with Gasteiger partial charge in [-0.1, -0.05) is 61.6 Å². The van der Waals surface area contributed by atoms with Gasteiger partial charge in [0.15, 0.2) is 0 Å². The summed E-state index contributed by atoms with van der Waals surface area (Å²) in [5.74, 6) is 13.0. The van der Waals surface area contributed by atoms with Gasteiger partial charge in [0.25, 0.3) is 0 Å². The average Bonchev–Trinajstić information content (AvgIpc) is 2.40. The molecule has 0 aliphatic heterocycles. The molecular weight excluding hydrogens is 360 g/mol. The lowest BCUT2D eigenvalue weighted by Crippen LogP contribution is -1.97. The molecule has 4 heteroatoms. The molecule has 1 aromatic rings. The Labute approximate surface area is 124 Å². The first-order chi connectivity index (χ1) is 8.86. The summed E-state index contributed by atoms with van der Waals surface area (Å²) in [6.07, 6.45) is 0. The quantitative estimate of drug-likeness (QED) is 0.597. The molecule has 0 amide bonds. The fraction of sp³-hybridized carbons (Fsp3) is 0.286. The molecular formula is C14H12Br2O2. The van der Waals surface area contributed by atoms with Crippen molar-refractivity contribution in [3.05, 3.63) is 24.3 Å². The van der Waals surface area contributed by atoms with E-state index in [0.717, 1.165) is 11.5 Å². The van der Waals surface area contributed by atoms with Crippen LogP contribution in [0.3, 0.4) is 0 Å². The Kier molecular flexibility index (Phi) is 8.21. The molecule has 0 fully saturated rings. The van der Waals surface area contributed by atoms with E-state index in [-0.39, 0.29) is 0 Å². The Morgan fingerprint density at radius 1 is 0.833 bits per heavy atom. The van der Waals surface area contributed by atoms with Gasteiger partial charge in [-0.2, -0.15) is 0 Å². The van der Waals surface area contributed by atoms with Crippen LogP contribution in [-0.2, 0) is 0 Å². The van der Waals surface area contributed by atoms with Gasteiger partial charge in [-0.25, -0.2) is 0 Å². The third-order valence-corrected chi connectivity index (χ3v) is 2.37. The lowest BCUT2D eigenvalue weighted by Gasteiger charge is -2.05. The van der Waals surface area contributed by atoms with E-state index in [4.69, 9.17) is 9.47 Å². The normalized spacial score (nSPS) is 8.56. The summed E-state index contributed by atoms with van der Waals surface area (Å²) in [5.41, 5.74) is 0. The molecule has 1 aromatic carbocycles. The molecule has 0 unspecified atom stereocenters. The summed E-state index contributed by atoms with van der Waals surface area (Å²) in [6.45, 7) is 0.747. The van der Waals surface area contributed by atoms with Crippen LogP contribution in [0.2, 0.25) is 0 Å². The fourth-order valence-corrected chi connectivity index (χ4v) is 1.49. The van der Waals surface area contributed by atoms with Gasteiger partial charge in [0, 0.05) is 6.07 Å². The van der Waals surface area contributed by atoms with Crippen molar-refractivity contribution in [2.24, 2.45) is 0 Å². The molecule has 0 saturated carbocycles. The zero-order valence-electron chi connectivity index (χ0n) is 9.71. The smallest absolute Gasteiger partial charge is 0.149 e. The highest BCUT2D eigenvalue weighted by Crippen LogP contribution is 2.19. The van der Waals surface area contributed by atoms with Crippen molar-refractivity contribution in [3.8, 4) is 35.2 Å². The first-order valence-electron chi connectivity index (χ1n) is 5.26. The van der Waals surface area contributed by atoms with Gasteiger partial charge in [0.1, 0.15) is 24.7 Å². The van der Waals surface area contributed by atoms with E-state index < -0.39 is 0 Å². The number of ether oxygens (including phenoxy) is 2. The first-order valence-corrected chi connectivity index (χ1v) is 7.50. The van der Waals surface area contributed by atoms with E-state index >= 15 is 0 Å². The molecule has 0 N–H and O–H groups in total. The second kappa shape index (κ2) is 9.88. The topological polar surface area (TPSA) is 18.5 Å². The van der Waals surface area contributed by atoms with Crippen molar-refractivity contribution in [3.63, 3.8) is 0 Å². The summed E-state index contributed by atoms with van der Waals surface area (Å²) in [4.78, 5) is 0. The predicted molar refractivity (Wildman–Crippen MR) is 80.6 cm³/mol. The van der Waals surface area contributed by atoms with Gasteiger partial charge in [-0.15, -0.1) is 0 Å². The third-order valence-electron chi connectivity index (χ3n) is 1.81. The monoisotopic (exact) mass is 370 g/mol. The van der Waals surface area contributed by atoms with Crippen LogP contribution in [0, 0.1) is 23.7 Å². The maximum atomic E-state index is 5.46. The Morgan fingerprint density at radius 2 is 1.33 bits per heavy atom. The van der Waals surface area contributed by atoms with Gasteiger partial charge in [0.05, 0.1) is 10.7 Å². The van der Waals surface area contributed by atoms with Gasteiger partial charge in [0.2, 0.25) is 0 Å². The van der Waals surface area contributed by atoms with Crippen LogP contribution >= 0.6 is 31.9 Å². The summed E-state index contributed by atoms with van der Waals surface area (Å²) >= 11 is 6.45. The van der Waals surface area contributed by atoms with Crippen molar-refractivity contribution in [1.29, 1.82) is 0 Å². The number of alkyl halides is 2. The highest BCUT2D eigenvalue weighted by molar-refractivity contribution is 9.09. The van der Waals surface area contributed by atoms with E-state index in [1.54, 1.807) is 0 Å². The van der Waals surface area contributed by atoms with Gasteiger partial charge < -0.3 is 9.47 Å². The number of hydrogen-bond acceptors (Lipinski definition) is 2. The molecule has 0 aliphatic rings. The van der Waals surface area contributed by atoms with Crippen LogP contribution < -0.4 is 9.47 Å². The molecule has 0 heterocycles. The zero-order chi connectivity index (χ0) is 13.1. The summed E-state index contributed by atoms with van der Waals surface area (Å²) in [6, 6.07) is 7.44. The molecule has 0 atom stereocenters. The minimum absolute atomic E-state index is 0.373. The number of hydrogen-bond donors (Lipinski definition) is 0. The molecule has 1 rings (SSSR count). The van der Waals surface area contributed by atoms with Crippen molar-refractivity contribution in [2.45, 2.75) is 0 Å². The highest BCUT2D eigenvalue weighted by atomic mass is 79.9. The molecule has 0 bridgehead atoms. The minimum atomic E-state index is 0.373. The maximum Gasteiger partial charge on any atom is 0.149 e. The first kappa shape index (κ1) is 15.0. The van der Waals surface area contributed by atoms with Crippen molar-refractivity contribution in [2.75, 3.05) is 23.9 Å². The van der Waals surface area contributed by atoms with E-state index in [1.807, 2.05) is 24.3 Å². The molecule has 2 nitrogen and oxygen atoms in total. The standard InChI is InChI=1S/C14H12Br2O2/c15-8-1-3-10-17-13-6-5-7-14(12-13)18-11-4-2-9-16/h5-7,12H,8-11H2. The van der Waals surface area contributed by atoms with Crippen molar-refractivity contribution < 1.29 is 9.47 Å². The van der Waals surface area contributed by atoms with E-state index in [0.29, 0.717) is 23.9 Å². The summed E-state index contributed by atoms with van der Waals surface area (Å²) in [7, 11) is 0. The lowest BCUT2D eigenvalue weighted by molar-refractivity contribution is 0.351. The molecule has 0 spiro atoms. The number of halogens is 2. The zero-order valence-corrected chi connectivity index (χ0v) is 12.9. The Balaban J connectivity index is 2.46. The molecule has 18 heavy (non-hydrogen) atoms. The Morgan fingerprint density at radius 3 is 1.78 bits per heavy atom. The largest absolute Gasteiger partial charge is 0.481 e. The van der Waals surface area contributed by atoms with Gasteiger partial charge in [-0.3, -0.25) is 0 Å². The Hall–Kier alpha value is -1.10. The molecule has 0 aliphatic carbocycles. The van der Waals surface area contributed by atoms with E-state index in [1.165, 1.54) is 0 Å². The summed E-state index contributed by atoms with van der Waals surface area (Å²) < 4.78 is 10.9. The lowest BCUT2D eigenvalue weighted by atomic mass is 10.3. The SMILES string of the molecule is BrCC#CCOc1cccc(OCC#CCBr)c1. The molecule has 0 saturated heterocycles. The summed E-state index contributed by atoms with van der Waals surface area (Å²) in [5, 5.41) is 1.32. The van der Waals surface area contributed by atoms with E-state index in [2.05, 4.69) is 55.5 Å². The number of benzene rings is 1. The van der Waals surface area contributed by atoms with Crippen LogP contribution in [-0.4, -0.2) is 23.9 Å². The molecule has 0 aromatic heterocycles. The van der Waals surface area contributed by atoms with Crippen molar-refractivity contribution in [1.82, 2.24) is 0 Å². The van der Waals surface area contributed by atoms with Crippen molar-refractivity contribution >= 4 is 31.9 Å². The van der Waals surface area contributed by atoms with Crippen LogP contribution in [0.15, 0.2) is 24.3 Å². The second-order valence-corrected chi connectivity index (χ2v) is 4.15. The van der Waals surface area contributed by atoms with Crippen LogP contribution in [0.1, 0.15) is 0 Å². The van der Waals surface area contributed by atoms with Crippen LogP contribution in [0.5, 0.6) is 11.5 Å². The fourth-order valence-electron chi connectivity index (χ4n) is 1.09. The van der Waals surface area contributed by atoms with E-state index in [9.17, 15) is 0 Å². The van der Waals surface area contributed by atoms with Crippen LogP contribution in [0.25, 0.3) is 0 Å². The molecule has 94 valence electrons. The van der Waals surface area contributed by atoms with Gasteiger partial charge in [-0.05, 0) is 12.1 Å².